The zero-order valence-corrected chi connectivity index (χ0v) is 9.28. The monoisotopic (exact) mass is 241 g/mol. The van der Waals surface area contributed by atoms with Gasteiger partial charge in [-0.1, -0.05) is 0 Å². The normalized spacial score (nSPS) is 10.8. The van der Waals surface area contributed by atoms with Crippen molar-refractivity contribution in [1.29, 1.82) is 0 Å². The van der Waals surface area contributed by atoms with Gasteiger partial charge in [0.25, 0.3) is 0 Å². The van der Waals surface area contributed by atoms with Crippen molar-refractivity contribution in [3.05, 3.63) is 23.8 Å². The Kier molecular flexibility index (Phi) is 5.47. The Morgan fingerprint density at radius 3 is 2.47 bits per heavy atom. The van der Waals surface area contributed by atoms with Crippen LogP contribution in [0.4, 0.5) is 0 Å². The molecule has 0 fully saturated rings. The molecule has 3 N–H and O–H groups in total. The van der Waals surface area contributed by atoms with Gasteiger partial charge in [-0.15, -0.1) is 0 Å². The highest BCUT2D eigenvalue weighted by Crippen LogP contribution is 2.07. The second kappa shape index (κ2) is 6.89. The summed E-state index contributed by atoms with van der Waals surface area (Å²) in [6.45, 7) is 0.833. The van der Waals surface area contributed by atoms with Crippen molar-refractivity contribution in [1.82, 2.24) is 14.9 Å². The van der Waals surface area contributed by atoms with E-state index < -0.39 is 5.97 Å². The number of hydrogen-bond acceptors (Lipinski definition) is 6. The molecule has 0 unspecified atom stereocenters. The number of aliphatic hydroxyl groups is 2. The van der Waals surface area contributed by atoms with Gasteiger partial charge < -0.3 is 15.3 Å². The molecule has 0 aliphatic rings. The van der Waals surface area contributed by atoms with Gasteiger partial charge in [0.2, 0.25) is 0 Å². The van der Waals surface area contributed by atoms with E-state index in [1.807, 2.05) is 0 Å². The lowest BCUT2D eigenvalue weighted by molar-refractivity contribution is 0.0692. The zero-order valence-electron chi connectivity index (χ0n) is 9.28. The highest BCUT2D eigenvalue weighted by atomic mass is 16.4. The molecule has 0 amide bonds. The van der Waals surface area contributed by atoms with E-state index in [0.29, 0.717) is 18.8 Å². The first-order valence-corrected chi connectivity index (χ1v) is 5.15. The third-order valence-corrected chi connectivity index (χ3v) is 2.23. The van der Waals surface area contributed by atoms with Gasteiger partial charge in [0, 0.05) is 25.8 Å². The summed E-state index contributed by atoms with van der Waals surface area (Å²) in [7, 11) is 0. The molecule has 1 rings (SSSR count). The van der Waals surface area contributed by atoms with Crippen molar-refractivity contribution in [2.45, 2.75) is 6.54 Å². The van der Waals surface area contributed by atoms with Crippen molar-refractivity contribution >= 4 is 5.97 Å². The lowest BCUT2D eigenvalue weighted by atomic mass is 10.2. The minimum atomic E-state index is -1.09. The van der Waals surface area contributed by atoms with Gasteiger partial charge in [0.1, 0.15) is 11.9 Å². The first-order chi connectivity index (χ1) is 8.19. The minimum Gasteiger partial charge on any atom is -0.478 e. The molecule has 0 bridgehead atoms. The number of aromatic carboxylic acids is 1. The first kappa shape index (κ1) is 13.5. The minimum absolute atomic E-state index is 0.0355. The van der Waals surface area contributed by atoms with Crippen molar-refractivity contribution in [3.8, 4) is 0 Å². The summed E-state index contributed by atoms with van der Waals surface area (Å²) >= 11 is 0. The summed E-state index contributed by atoms with van der Waals surface area (Å²) in [6.07, 6.45) is 2.51. The van der Waals surface area contributed by atoms with Gasteiger partial charge in [-0.3, -0.25) is 4.90 Å². The fourth-order valence-corrected chi connectivity index (χ4v) is 1.42. The van der Waals surface area contributed by atoms with Gasteiger partial charge in [0.05, 0.1) is 18.9 Å². The first-order valence-electron chi connectivity index (χ1n) is 5.15. The molecular weight excluding hydrogens is 226 g/mol. The van der Waals surface area contributed by atoms with E-state index in [-0.39, 0.29) is 25.3 Å². The van der Waals surface area contributed by atoms with Gasteiger partial charge >= 0.3 is 5.97 Å². The Labute approximate surface area is 98.4 Å². The summed E-state index contributed by atoms with van der Waals surface area (Å²) in [4.78, 5) is 20.2. The van der Waals surface area contributed by atoms with E-state index in [4.69, 9.17) is 15.3 Å². The molecule has 17 heavy (non-hydrogen) atoms. The largest absolute Gasteiger partial charge is 0.478 e. The number of carboxylic acid groups (broad SMARTS) is 1. The zero-order chi connectivity index (χ0) is 12.7. The van der Waals surface area contributed by atoms with Crippen molar-refractivity contribution < 1.29 is 20.1 Å². The smallest absolute Gasteiger partial charge is 0.339 e. The third-order valence-electron chi connectivity index (χ3n) is 2.23. The summed E-state index contributed by atoms with van der Waals surface area (Å²) in [6, 6.07) is 0. The molecule has 94 valence electrons. The molecule has 0 saturated carbocycles. The molecule has 1 aromatic rings. The number of carboxylic acids is 1. The summed E-state index contributed by atoms with van der Waals surface area (Å²) in [5, 5.41) is 26.6. The van der Waals surface area contributed by atoms with Crippen LogP contribution >= 0.6 is 0 Å². The molecule has 0 aliphatic carbocycles. The third kappa shape index (κ3) is 4.06. The van der Waals surface area contributed by atoms with Gasteiger partial charge in [-0.2, -0.15) is 0 Å². The Bertz CT molecular complexity index is 366. The van der Waals surface area contributed by atoms with E-state index in [1.54, 1.807) is 4.90 Å². The fourth-order valence-electron chi connectivity index (χ4n) is 1.42. The van der Waals surface area contributed by atoms with Gasteiger partial charge in [-0.05, 0) is 0 Å². The maximum Gasteiger partial charge on any atom is 0.339 e. The van der Waals surface area contributed by atoms with Gasteiger partial charge in [0.15, 0.2) is 0 Å². The molecule has 0 saturated heterocycles. The standard InChI is InChI=1S/C10H15N3O4/c14-3-1-13(2-4-15)6-9-8(10(16)17)5-11-7-12-9/h5,7,14-15H,1-4,6H2,(H,16,17). The summed E-state index contributed by atoms with van der Waals surface area (Å²) in [5.74, 6) is -1.09. The van der Waals surface area contributed by atoms with E-state index in [1.165, 1.54) is 12.5 Å². The second-order valence-electron chi connectivity index (χ2n) is 3.41. The van der Waals surface area contributed by atoms with Crippen LogP contribution in [0.2, 0.25) is 0 Å². The van der Waals surface area contributed by atoms with Crippen LogP contribution in [0, 0.1) is 0 Å². The summed E-state index contributed by atoms with van der Waals surface area (Å²) < 4.78 is 0. The Hall–Kier alpha value is -1.57. The van der Waals surface area contributed by atoms with Crippen LogP contribution in [-0.4, -0.2) is 62.5 Å². The topological polar surface area (TPSA) is 107 Å². The van der Waals surface area contributed by atoms with Gasteiger partial charge in [-0.25, -0.2) is 14.8 Å². The van der Waals surface area contributed by atoms with Crippen LogP contribution in [0.15, 0.2) is 12.5 Å². The van der Waals surface area contributed by atoms with E-state index in [9.17, 15) is 4.79 Å². The Morgan fingerprint density at radius 2 is 1.94 bits per heavy atom. The van der Waals surface area contributed by atoms with E-state index >= 15 is 0 Å². The molecule has 0 atom stereocenters. The summed E-state index contributed by atoms with van der Waals surface area (Å²) in [5.41, 5.74) is 0.405. The van der Waals surface area contributed by atoms with Crippen LogP contribution < -0.4 is 0 Å². The molecule has 0 aromatic carbocycles. The van der Waals surface area contributed by atoms with Crippen LogP contribution in [0.5, 0.6) is 0 Å². The predicted molar refractivity (Wildman–Crippen MR) is 58.4 cm³/mol. The highest BCUT2D eigenvalue weighted by molar-refractivity contribution is 5.88. The van der Waals surface area contributed by atoms with Crippen molar-refractivity contribution in [2.24, 2.45) is 0 Å². The number of rotatable bonds is 7. The van der Waals surface area contributed by atoms with Crippen LogP contribution in [0.1, 0.15) is 16.1 Å². The van der Waals surface area contributed by atoms with Crippen LogP contribution in [0.25, 0.3) is 0 Å². The number of aromatic nitrogens is 2. The van der Waals surface area contributed by atoms with Crippen LogP contribution in [0.3, 0.4) is 0 Å². The SMILES string of the molecule is O=C(O)c1cncnc1CN(CCO)CCO. The fraction of sp³-hybridized carbons (Fsp3) is 0.500. The quantitative estimate of drug-likeness (QED) is 0.559. The molecule has 1 heterocycles. The maximum absolute atomic E-state index is 10.9. The highest BCUT2D eigenvalue weighted by Gasteiger charge is 2.14. The van der Waals surface area contributed by atoms with E-state index in [0.717, 1.165) is 0 Å². The number of hydrogen-bond donors (Lipinski definition) is 3. The number of carbonyl (C=O) groups is 1. The van der Waals surface area contributed by atoms with Crippen LogP contribution in [-0.2, 0) is 6.54 Å². The molecule has 1 aromatic heterocycles. The lowest BCUT2D eigenvalue weighted by Crippen LogP contribution is -2.30. The van der Waals surface area contributed by atoms with Crippen molar-refractivity contribution in [2.75, 3.05) is 26.3 Å². The number of aliphatic hydroxyl groups excluding tert-OH is 2. The molecule has 7 heteroatoms. The number of nitrogens with zero attached hydrogens (tertiary/aromatic N) is 3. The molecule has 0 spiro atoms. The molecular formula is C10H15N3O4. The molecule has 0 radical (unpaired) electrons. The average molecular weight is 241 g/mol. The lowest BCUT2D eigenvalue weighted by Gasteiger charge is -2.20. The van der Waals surface area contributed by atoms with E-state index in [2.05, 4.69) is 9.97 Å². The van der Waals surface area contributed by atoms with Crippen molar-refractivity contribution in [3.63, 3.8) is 0 Å². The maximum atomic E-state index is 10.9. The predicted octanol–water partition coefficient (Wildman–Crippen LogP) is -1.04. The molecule has 7 nitrogen and oxygen atoms in total. The molecule has 0 aliphatic heterocycles. The average Bonchev–Trinajstić information content (AvgIpc) is 2.30. The Morgan fingerprint density at radius 1 is 1.29 bits per heavy atom. The second-order valence-corrected chi connectivity index (χ2v) is 3.41. The Balaban J connectivity index is 2.80.